The van der Waals surface area contributed by atoms with Crippen molar-refractivity contribution in [3.63, 3.8) is 0 Å². The maximum absolute atomic E-state index is 13.7. The zero-order valence-electron chi connectivity index (χ0n) is 10.6. The summed E-state index contributed by atoms with van der Waals surface area (Å²) in [5.74, 6) is -0.348. The van der Waals surface area contributed by atoms with E-state index in [0.717, 1.165) is 0 Å². The molecule has 2 aromatic rings. The number of rotatable bonds is 3. The summed E-state index contributed by atoms with van der Waals surface area (Å²) in [5, 5.41) is 3.94. The molecule has 18 heavy (non-hydrogen) atoms. The lowest BCUT2D eigenvalue weighted by molar-refractivity contribution is 0.487. The molecule has 1 unspecified atom stereocenters. The van der Waals surface area contributed by atoms with E-state index in [0.29, 0.717) is 11.7 Å². The van der Waals surface area contributed by atoms with Gasteiger partial charge in [0, 0.05) is 5.92 Å². The average Bonchev–Trinajstić information content (AvgIpc) is 2.76. The minimum Gasteiger partial charge on any atom is -0.219 e. The quantitative estimate of drug-likeness (QED) is 0.838. The third-order valence-electron chi connectivity index (χ3n) is 3.13. The topological polar surface area (TPSA) is 30.7 Å². The Bertz CT molecular complexity index is 529. The molecule has 1 aromatic heterocycles. The SMILES string of the molecule is CC(C)C(C)c1ncnn1-c1c(F)cccc1F. The number of nitrogens with zero attached hydrogens (tertiary/aromatic N) is 3. The normalized spacial score (nSPS) is 13.0. The molecule has 0 saturated carbocycles. The fourth-order valence-corrected chi connectivity index (χ4v) is 1.72. The average molecular weight is 251 g/mol. The second-order valence-corrected chi connectivity index (χ2v) is 4.63. The molecule has 0 bridgehead atoms. The molecule has 0 aliphatic heterocycles. The fraction of sp³-hybridized carbons (Fsp3) is 0.385. The van der Waals surface area contributed by atoms with Gasteiger partial charge in [0.25, 0.3) is 0 Å². The summed E-state index contributed by atoms with van der Waals surface area (Å²) in [4.78, 5) is 4.11. The van der Waals surface area contributed by atoms with Crippen molar-refractivity contribution >= 4 is 0 Å². The van der Waals surface area contributed by atoms with Crippen LogP contribution in [-0.4, -0.2) is 14.8 Å². The van der Waals surface area contributed by atoms with Gasteiger partial charge in [0.1, 0.15) is 17.8 Å². The van der Waals surface area contributed by atoms with Gasteiger partial charge in [0.15, 0.2) is 11.6 Å². The lowest BCUT2D eigenvalue weighted by atomic mass is 9.97. The van der Waals surface area contributed by atoms with E-state index in [4.69, 9.17) is 0 Å². The van der Waals surface area contributed by atoms with Crippen LogP contribution in [0.4, 0.5) is 8.78 Å². The maximum Gasteiger partial charge on any atom is 0.151 e. The van der Waals surface area contributed by atoms with Crippen LogP contribution in [0.2, 0.25) is 0 Å². The Morgan fingerprint density at radius 2 is 1.72 bits per heavy atom. The van der Waals surface area contributed by atoms with Gasteiger partial charge in [-0.05, 0) is 18.1 Å². The molecule has 5 heteroatoms. The molecular weight excluding hydrogens is 236 g/mol. The molecule has 96 valence electrons. The summed E-state index contributed by atoms with van der Waals surface area (Å²) < 4.78 is 28.7. The second kappa shape index (κ2) is 4.84. The Labute approximate surface area is 104 Å². The van der Waals surface area contributed by atoms with E-state index in [1.807, 2.05) is 20.8 Å². The smallest absolute Gasteiger partial charge is 0.151 e. The Balaban J connectivity index is 2.56. The van der Waals surface area contributed by atoms with E-state index in [2.05, 4.69) is 10.1 Å². The molecule has 3 nitrogen and oxygen atoms in total. The molecule has 1 atom stereocenters. The van der Waals surface area contributed by atoms with Crippen LogP contribution in [0.5, 0.6) is 0 Å². The molecule has 0 N–H and O–H groups in total. The van der Waals surface area contributed by atoms with Crippen LogP contribution in [0.1, 0.15) is 32.5 Å². The minimum absolute atomic E-state index is 0.0616. The van der Waals surface area contributed by atoms with Crippen LogP contribution >= 0.6 is 0 Å². The van der Waals surface area contributed by atoms with E-state index < -0.39 is 11.6 Å². The summed E-state index contributed by atoms with van der Waals surface area (Å²) in [7, 11) is 0. The summed E-state index contributed by atoms with van der Waals surface area (Å²) in [5.41, 5.74) is -0.169. The number of hydrogen-bond acceptors (Lipinski definition) is 2. The van der Waals surface area contributed by atoms with Crippen molar-refractivity contribution in [2.45, 2.75) is 26.7 Å². The Kier molecular flexibility index (Phi) is 3.41. The Morgan fingerprint density at radius 1 is 1.11 bits per heavy atom. The third-order valence-corrected chi connectivity index (χ3v) is 3.13. The largest absolute Gasteiger partial charge is 0.219 e. The van der Waals surface area contributed by atoms with E-state index in [9.17, 15) is 8.78 Å². The van der Waals surface area contributed by atoms with E-state index >= 15 is 0 Å². The minimum atomic E-state index is -0.641. The van der Waals surface area contributed by atoms with Crippen LogP contribution in [0, 0.1) is 17.6 Å². The van der Waals surface area contributed by atoms with Gasteiger partial charge in [-0.3, -0.25) is 0 Å². The van der Waals surface area contributed by atoms with E-state index in [-0.39, 0.29) is 11.6 Å². The van der Waals surface area contributed by atoms with Gasteiger partial charge in [-0.15, -0.1) is 0 Å². The standard InChI is InChI=1S/C13H15F2N3/c1-8(2)9(3)13-16-7-17-18(13)12-10(14)5-4-6-11(12)15/h4-9H,1-3H3. The lowest BCUT2D eigenvalue weighted by Gasteiger charge is -2.16. The van der Waals surface area contributed by atoms with Gasteiger partial charge < -0.3 is 0 Å². The van der Waals surface area contributed by atoms with Crippen molar-refractivity contribution in [1.29, 1.82) is 0 Å². The number of aromatic nitrogens is 3. The van der Waals surface area contributed by atoms with E-state index in [1.165, 1.54) is 29.2 Å². The highest BCUT2D eigenvalue weighted by Gasteiger charge is 2.21. The predicted octanol–water partition coefficient (Wildman–Crippen LogP) is 3.31. The molecule has 1 heterocycles. The van der Waals surface area contributed by atoms with Gasteiger partial charge in [-0.1, -0.05) is 26.8 Å². The van der Waals surface area contributed by atoms with Gasteiger partial charge in [0.2, 0.25) is 0 Å². The first kappa shape index (κ1) is 12.7. The molecule has 0 spiro atoms. The van der Waals surface area contributed by atoms with Crippen molar-refractivity contribution in [2.75, 3.05) is 0 Å². The summed E-state index contributed by atoms with van der Waals surface area (Å²) in [6, 6.07) is 3.75. The number of benzene rings is 1. The highest BCUT2D eigenvalue weighted by Crippen LogP contribution is 2.25. The van der Waals surface area contributed by atoms with Crippen molar-refractivity contribution in [3.05, 3.63) is 42.0 Å². The predicted molar refractivity (Wildman–Crippen MR) is 64.5 cm³/mol. The van der Waals surface area contributed by atoms with Gasteiger partial charge in [0.05, 0.1) is 0 Å². The maximum atomic E-state index is 13.7. The van der Waals surface area contributed by atoms with Crippen molar-refractivity contribution in [2.24, 2.45) is 5.92 Å². The molecular formula is C13H15F2N3. The molecule has 0 saturated heterocycles. The summed E-state index contributed by atoms with van der Waals surface area (Å²) >= 11 is 0. The third kappa shape index (κ3) is 2.12. The second-order valence-electron chi connectivity index (χ2n) is 4.63. The van der Waals surface area contributed by atoms with Gasteiger partial charge in [-0.2, -0.15) is 5.10 Å². The number of hydrogen-bond donors (Lipinski definition) is 0. The molecule has 0 aliphatic rings. The zero-order valence-corrected chi connectivity index (χ0v) is 10.6. The Morgan fingerprint density at radius 3 is 2.28 bits per heavy atom. The van der Waals surface area contributed by atoms with Gasteiger partial charge in [-0.25, -0.2) is 18.4 Å². The monoisotopic (exact) mass is 251 g/mol. The lowest BCUT2D eigenvalue weighted by Crippen LogP contribution is -2.13. The van der Waals surface area contributed by atoms with E-state index in [1.54, 1.807) is 0 Å². The highest BCUT2D eigenvalue weighted by molar-refractivity contribution is 5.35. The molecule has 0 aliphatic carbocycles. The van der Waals surface area contributed by atoms with Gasteiger partial charge >= 0.3 is 0 Å². The summed E-state index contributed by atoms with van der Waals surface area (Å²) in [6.07, 6.45) is 1.32. The Hall–Kier alpha value is -1.78. The van der Waals surface area contributed by atoms with Crippen molar-refractivity contribution in [1.82, 2.24) is 14.8 Å². The number of halogens is 2. The van der Waals surface area contributed by atoms with Crippen molar-refractivity contribution in [3.8, 4) is 5.69 Å². The van der Waals surface area contributed by atoms with Crippen molar-refractivity contribution < 1.29 is 8.78 Å². The summed E-state index contributed by atoms with van der Waals surface area (Å²) in [6.45, 7) is 6.02. The molecule has 0 radical (unpaired) electrons. The van der Waals surface area contributed by atoms with Crippen LogP contribution in [0.15, 0.2) is 24.5 Å². The molecule has 0 amide bonds. The highest BCUT2D eigenvalue weighted by atomic mass is 19.1. The first-order valence-electron chi connectivity index (χ1n) is 5.86. The van der Waals surface area contributed by atoms with Crippen LogP contribution < -0.4 is 0 Å². The molecule has 2 rings (SSSR count). The van der Waals surface area contributed by atoms with Crippen LogP contribution in [0.3, 0.4) is 0 Å². The molecule has 1 aromatic carbocycles. The zero-order chi connectivity index (χ0) is 13.3. The number of para-hydroxylation sites is 1. The molecule has 0 fully saturated rings. The first-order chi connectivity index (χ1) is 8.52. The fourth-order valence-electron chi connectivity index (χ4n) is 1.72. The first-order valence-corrected chi connectivity index (χ1v) is 5.86. The van der Waals surface area contributed by atoms with Crippen LogP contribution in [-0.2, 0) is 0 Å². The van der Waals surface area contributed by atoms with Crippen LogP contribution in [0.25, 0.3) is 5.69 Å².